The molecule has 2 heterocycles. The van der Waals surface area contributed by atoms with Crippen LogP contribution in [0.25, 0.3) is 11.1 Å². The van der Waals surface area contributed by atoms with Crippen molar-refractivity contribution in [2.75, 3.05) is 18.5 Å². The molecule has 5 heteroatoms. The van der Waals surface area contributed by atoms with Crippen molar-refractivity contribution in [3.05, 3.63) is 78.6 Å². The van der Waals surface area contributed by atoms with Crippen LogP contribution in [-0.2, 0) is 6.54 Å². The van der Waals surface area contributed by atoms with Crippen LogP contribution < -0.4 is 10.1 Å². The van der Waals surface area contributed by atoms with Gasteiger partial charge in [0.05, 0.1) is 13.1 Å². The second kappa shape index (κ2) is 7.27. The molecular formula is C21H19N3O2. The predicted octanol–water partition coefficient (Wildman–Crippen LogP) is 4.18. The largest absolute Gasteiger partial charge is 0.491 e. The number of hydrogen-bond acceptors (Lipinski definition) is 3. The van der Waals surface area contributed by atoms with Crippen molar-refractivity contribution in [1.82, 2.24) is 9.88 Å². The summed E-state index contributed by atoms with van der Waals surface area (Å²) in [5.74, 6) is 0.831. The summed E-state index contributed by atoms with van der Waals surface area (Å²) in [6.45, 7) is 1.52. The highest BCUT2D eigenvalue weighted by Gasteiger charge is 2.20. The molecule has 130 valence electrons. The maximum Gasteiger partial charge on any atom is 0.322 e. The summed E-state index contributed by atoms with van der Waals surface area (Å²) in [4.78, 5) is 18.5. The highest BCUT2D eigenvalue weighted by molar-refractivity contribution is 5.89. The Balaban J connectivity index is 1.56. The van der Waals surface area contributed by atoms with Gasteiger partial charge in [0.25, 0.3) is 0 Å². The van der Waals surface area contributed by atoms with Gasteiger partial charge < -0.3 is 15.0 Å². The zero-order chi connectivity index (χ0) is 17.8. The standard InChI is InChI=1S/C21H19N3O2/c25-21(23-19-4-2-1-3-5-19)24-12-13-26-20-7-6-17(14-18(20)15-24)16-8-10-22-11-9-16/h1-11,14H,12-13,15H2,(H,23,25). The molecule has 2 aromatic carbocycles. The normalized spacial score (nSPS) is 13.3. The van der Waals surface area contributed by atoms with Crippen LogP contribution in [0.5, 0.6) is 5.75 Å². The van der Waals surface area contributed by atoms with Crippen LogP contribution in [0.2, 0.25) is 0 Å². The van der Waals surface area contributed by atoms with Crippen LogP contribution in [0, 0.1) is 0 Å². The van der Waals surface area contributed by atoms with Crippen LogP contribution >= 0.6 is 0 Å². The van der Waals surface area contributed by atoms with E-state index < -0.39 is 0 Å². The van der Waals surface area contributed by atoms with Crippen LogP contribution in [-0.4, -0.2) is 29.1 Å². The molecule has 1 aliphatic heterocycles. The van der Waals surface area contributed by atoms with Gasteiger partial charge in [0.1, 0.15) is 12.4 Å². The van der Waals surface area contributed by atoms with Crippen molar-refractivity contribution >= 4 is 11.7 Å². The first kappa shape index (κ1) is 16.1. The molecule has 1 N–H and O–H groups in total. The number of anilines is 1. The molecule has 0 spiro atoms. The lowest BCUT2D eigenvalue weighted by Crippen LogP contribution is -2.36. The van der Waals surface area contributed by atoms with Gasteiger partial charge in [-0.2, -0.15) is 0 Å². The number of rotatable bonds is 2. The van der Waals surface area contributed by atoms with Gasteiger partial charge in [-0.25, -0.2) is 4.79 Å². The molecule has 0 unspecified atom stereocenters. The average Bonchev–Trinajstić information content (AvgIpc) is 2.91. The molecule has 2 amide bonds. The molecule has 5 nitrogen and oxygen atoms in total. The van der Waals surface area contributed by atoms with Gasteiger partial charge >= 0.3 is 6.03 Å². The van der Waals surface area contributed by atoms with E-state index in [9.17, 15) is 4.79 Å². The number of nitrogens with zero attached hydrogens (tertiary/aromatic N) is 2. The predicted molar refractivity (Wildman–Crippen MR) is 101 cm³/mol. The monoisotopic (exact) mass is 345 g/mol. The van der Waals surface area contributed by atoms with E-state index in [1.807, 2.05) is 54.6 Å². The average molecular weight is 345 g/mol. The summed E-state index contributed by atoms with van der Waals surface area (Å²) in [5.41, 5.74) is 3.96. The Labute approximate surface area is 152 Å². The second-order valence-corrected chi connectivity index (χ2v) is 6.12. The lowest BCUT2D eigenvalue weighted by Gasteiger charge is -2.20. The molecule has 0 saturated heterocycles. The third-order valence-electron chi connectivity index (χ3n) is 4.37. The van der Waals surface area contributed by atoms with Gasteiger partial charge in [-0.3, -0.25) is 4.98 Å². The third-order valence-corrected chi connectivity index (χ3v) is 4.37. The highest BCUT2D eigenvalue weighted by Crippen LogP contribution is 2.29. The fraction of sp³-hybridized carbons (Fsp3) is 0.143. The Bertz CT molecular complexity index is 898. The maximum absolute atomic E-state index is 12.6. The van der Waals surface area contributed by atoms with Crippen LogP contribution in [0.3, 0.4) is 0 Å². The number of urea groups is 1. The molecule has 4 rings (SSSR count). The number of pyridine rings is 1. The Kier molecular flexibility index (Phi) is 4.51. The molecule has 0 bridgehead atoms. The van der Waals surface area contributed by atoms with Crippen molar-refractivity contribution in [1.29, 1.82) is 0 Å². The fourth-order valence-corrected chi connectivity index (χ4v) is 3.02. The molecule has 0 radical (unpaired) electrons. The minimum atomic E-state index is -0.123. The van der Waals surface area contributed by atoms with E-state index in [1.165, 1.54) is 0 Å². The van der Waals surface area contributed by atoms with Crippen molar-refractivity contribution in [2.45, 2.75) is 6.54 Å². The van der Waals surface area contributed by atoms with Crippen molar-refractivity contribution in [2.24, 2.45) is 0 Å². The summed E-state index contributed by atoms with van der Waals surface area (Å²) in [7, 11) is 0. The van der Waals surface area contributed by atoms with Gasteiger partial charge in [0.2, 0.25) is 0 Å². The van der Waals surface area contributed by atoms with E-state index in [-0.39, 0.29) is 6.03 Å². The first-order valence-corrected chi connectivity index (χ1v) is 8.57. The van der Waals surface area contributed by atoms with Crippen LogP contribution in [0.15, 0.2) is 73.1 Å². The Morgan fingerprint density at radius 3 is 2.62 bits per heavy atom. The quantitative estimate of drug-likeness (QED) is 0.758. The fourth-order valence-electron chi connectivity index (χ4n) is 3.02. The molecular weight excluding hydrogens is 326 g/mol. The van der Waals surface area contributed by atoms with E-state index in [1.54, 1.807) is 17.3 Å². The van der Waals surface area contributed by atoms with E-state index in [4.69, 9.17) is 4.74 Å². The molecule has 0 aliphatic carbocycles. The zero-order valence-corrected chi connectivity index (χ0v) is 14.3. The summed E-state index contributed by atoms with van der Waals surface area (Å²) in [5, 5.41) is 2.94. The minimum Gasteiger partial charge on any atom is -0.491 e. The molecule has 26 heavy (non-hydrogen) atoms. The first-order chi connectivity index (χ1) is 12.8. The Hall–Kier alpha value is -3.34. The molecule has 1 aliphatic rings. The number of carbonyl (C=O) groups is 1. The number of carbonyl (C=O) groups excluding carboxylic acids is 1. The molecule has 0 fully saturated rings. The number of aromatic nitrogens is 1. The van der Waals surface area contributed by atoms with Gasteiger partial charge in [-0.15, -0.1) is 0 Å². The second-order valence-electron chi connectivity index (χ2n) is 6.12. The number of amides is 2. The highest BCUT2D eigenvalue weighted by atomic mass is 16.5. The number of fused-ring (bicyclic) bond motifs is 1. The molecule has 1 aromatic heterocycles. The van der Waals surface area contributed by atoms with E-state index in [2.05, 4.69) is 16.4 Å². The van der Waals surface area contributed by atoms with Crippen molar-refractivity contribution < 1.29 is 9.53 Å². The topological polar surface area (TPSA) is 54.5 Å². The lowest BCUT2D eigenvalue weighted by atomic mass is 10.0. The number of para-hydroxylation sites is 1. The number of hydrogen-bond donors (Lipinski definition) is 1. The first-order valence-electron chi connectivity index (χ1n) is 8.57. The SMILES string of the molecule is O=C(Nc1ccccc1)N1CCOc2ccc(-c3ccncc3)cc2C1. The zero-order valence-electron chi connectivity index (χ0n) is 14.3. The summed E-state index contributed by atoms with van der Waals surface area (Å²) >= 11 is 0. The Morgan fingerprint density at radius 1 is 1.00 bits per heavy atom. The summed E-state index contributed by atoms with van der Waals surface area (Å²) in [6.07, 6.45) is 3.55. The maximum atomic E-state index is 12.6. The van der Waals surface area contributed by atoms with E-state index >= 15 is 0 Å². The van der Waals surface area contributed by atoms with E-state index in [0.29, 0.717) is 19.7 Å². The molecule has 3 aromatic rings. The number of benzene rings is 2. The van der Waals surface area contributed by atoms with Crippen LogP contribution in [0.1, 0.15) is 5.56 Å². The van der Waals surface area contributed by atoms with Gasteiger partial charge in [0, 0.05) is 23.6 Å². The van der Waals surface area contributed by atoms with Gasteiger partial charge in [0.15, 0.2) is 0 Å². The molecule has 0 saturated carbocycles. The summed E-state index contributed by atoms with van der Waals surface area (Å²) in [6, 6.07) is 19.4. The Morgan fingerprint density at radius 2 is 1.81 bits per heavy atom. The minimum absolute atomic E-state index is 0.123. The van der Waals surface area contributed by atoms with Gasteiger partial charge in [-0.1, -0.05) is 24.3 Å². The molecule has 0 atom stereocenters. The van der Waals surface area contributed by atoms with E-state index in [0.717, 1.165) is 28.1 Å². The van der Waals surface area contributed by atoms with Crippen molar-refractivity contribution in [3.63, 3.8) is 0 Å². The summed E-state index contributed by atoms with van der Waals surface area (Å²) < 4.78 is 5.84. The third kappa shape index (κ3) is 3.52. The van der Waals surface area contributed by atoms with Crippen LogP contribution in [0.4, 0.5) is 10.5 Å². The number of ether oxygens (including phenoxy) is 1. The lowest BCUT2D eigenvalue weighted by molar-refractivity contribution is 0.200. The smallest absolute Gasteiger partial charge is 0.322 e. The van der Waals surface area contributed by atoms with Crippen molar-refractivity contribution in [3.8, 4) is 16.9 Å². The number of nitrogens with one attached hydrogen (secondary N) is 1. The van der Waals surface area contributed by atoms with Gasteiger partial charge in [-0.05, 0) is 47.5 Å².